The largest absolute Gasteiger partial charge is 0.422 e. The summed E-state index contributed by atoms with van der Waals surface area (Å²) in [5, 5.41) is 4.22. The molecule has 3 N–H and O–H groups in total. The van der Waals surface area contributed by atoms with Gasteiger partial charge in [0.15, 0.2) is 0 Å². The number of carbonyl (C=O) groups is 2. The van der Waals surface area contributed by atoms with Crippen LogP contribution in [0.1, 0.15) is 15.9 Å². The van der Waals surface area contributed by atoms with Crippen LogP contribution in [0, 0.1) is 0 Å². The summed E-state index contributed by atoms with van der Waals surface area (Å²) in [6, 6.07) is 13.9. The number of rotatable bonds is 4. The predicted octanol–water partition coefficient (Wildman–Crippen LogP) is 2.01. The van der Waals surface area contributed by atoms with Crippen molar-refractivity contribution in [2.45, 2.75) is 0 Å². The summed E-state index contributed by atoms with van der Waals surface area (Å²) < 4.78 is 10.4. The number of amides is 2. The van der Waals surface area contributed by atoms with Gasteiger partial charge in [-0.3, -0.25) is 0 Å². The van der Waals surface area contributed by atoms with Crippen molar-refractivity contribution >= 4 is 29.2 Å². The van der Waals surface area contributed by atoms with Gasteiger partial charge in [-0.15, -0.1) is 0 Å². The highest BCUT2D eigenvalue weighted by Crippen LogP contribution is 2.18. The summed E-state index contributed by atoms with van der Waals surface area (Å²) in [6.07, 6.45) is 1.26. The Labute approximate surface area is 146 Å². The van der Waals surface area contributed by atoms with E-state index in [9.17, 15) is 14.4 Å². The van der Waals surface area contributed by atoms with Crippen LogP contribution in [0.2, 0.25) is 0 Å². The first kappa shape index (κ1) is 16.9. The molecule has 3 aromatic rings. The molecule has 0 aliphatic carbocycles. The van der Waals surface area contributed by atoms with Gasteiger partial charge in [0.05, 0.1) is 6.21 Å². The number of para-hydroxylation sites is 2. The zero-order valence-corrected chi connectivity index (χ0v) is 13.3. The Hall–Kier alpha value is -3.94. The Balaban J connectivity index is 1.89. The third kappa shape index (κ3) is 3.75. The highest BCUT2D eigenvalue weighted by molar-refractivity contribution is 5.95. The molecule has 0 fully saturated rings. The molecule has 3 rings (SSSR count). The van der Waals surface area contributed by atoms with E-state index >= 15 is 0 Å². The van der Waals surface area contributed by atoms with Crippen molar-refractivity contribution in [1.29, 1.82) is 0 Å². The molecule has 0 saturated carbocycles. The maximum atomic E-state index is 12.4. The Kier molecular flexibility index (Phi) is 4.75. The Bertz CT molecular complexity index is 1070. The number of hydrogen-bond acceptors (Lipinski definition) is 6. The first-order valence-corrected chi connectivity index (χ1v) is 7.47. The zero-order chi connectivity index (χ0) is 18.5. The minimum atomic E-state index is -0.867. The van der Waals surface area contributed by atoms with Crippen molar-refractivity contribution in [2.75, 3.05) is 0 Å². The van der Waals surface area contributed by atoms with E-state index in [4.69, 9.17) is 14.9 Å². The SMILES string of the molecule is NC(=O)NN=Cc1ccccc1OC(=O)c1cc2ccccc2oc1=O. The third-order valence-corrected chi connectivity index (χ3v) is 3.36. The predicted molar refractivity (Wildman–Crippen MR) is 94.2 cm³/mol. The van der Waals surface area contributed by atoms with Crippen molar-refractivity contribution in [3.05, 3.63) is 76.1 Å². The molecule has 26 heavy (non-hydrogen) atoms. The molecule has 2 aromatic carbocycles. The van der Waals surface area contributed by atoms with Crippen LogP contribution in [-0.4, -0.2) is 18.2 Å². The molecule has 1 aromatic heterocycles. The first-order valence-electron chi connectivity index (χ1n) is 7.47. The number of nitrogens with zero attached hydrogens (tertiary/aromatic N) is 1. The van der Waals surface area contributed by atoms with E-state index < -0.39 is 17.6 Å². The summed E-state index contributed by atoms with van der Waals surface area (Å²) in [7, 11) is 0. The maximum Gasteiger partial charge on any atom is 0.351 e. The topological polar surface area (TPSA) is 124 Å². The first-order chi connectivity index (χ1) is 12.5. The summed E-state index contributed by atoms with van der Waals surface area (Å²) in [5.41, 5.74) is 6.71. The maximum absolute atomic E-state index is 12.4. The lowest BCUT2D eigenvalue weighted by Crippen LogP contribution is -2.24. The lowest BCUT2D eigenvalue weighted by molar-refractivity contribution is 0.0730. The molecule has 0 radical (unpaired) electrons. The fourth-order valence-corrected chi connectivity index (χ4v) is 2.20. The van der Waals surface area contributed by atoms with Crippen molar-refractivity contribution in [1.82, 2.24) is 5.43 Å². The average Bonchev–Trinajstić information content (AvgIpc) is 2.62. The molecule has 0 aliphatic heterocycles. The second kappa shape index (κ2) is 7.31. The second-order valence-electron chi connectivity index (χ2n) is 5.15. The van der Waals surface area contributed by atoms with E-state index in [-0.39, 0.29) is 11.3 Å². The summed E-state index contributed by atoms with van der Waals surface area (Å²) >= 11 is 0. The van der Waals surface area contributed by atoms with Crippen LogP contribution in [-0.2, 0) is 0 Å². The number of ether oxygens (including phenoxy) is 1. The van der Waals surface area contributed by atoms with Crippen LogP contribution in [0.25, 0.3) is 11.0 Å². The number of benzene rings is 2. The lowest BCUT2D eigenvalue weighted by atomic mass is 10.2. The molecular weight excluding hydrogens is 338 g/mol. The van der Waals surface area contributed by atoms with Crippen molar-refractivity contribution in [2.24, 2.45) is 10.8 Å². The second-order valence-corrected chi connectivity index (χ2v) is 5.15. The van der Waals surface area contributed by atoms with E-state index in [2.05, 4.69) is 5.10 Å². The van der Waals surface area contributed by atoms with Crippen molar-refractivity contribution in [3.63, 3.8) is 0 Å². The molecule has 0 atom stereocenters. The van der Waals surface area contributed by atoms with E-state index in [1.54, 1.807) is 42.5 Å². The van der Waals surface area contributed by atoms with Crippen LogP contribution in [0.4, 0.5) is 4.79 Å². The highest BCUT2D eigenvalue weighted by Gasteiger charge is 2.17. The Morgan fingerprint density at radius 3 is 2.65 bits per heavy atom. The van der Waals surface area contributed by atoms with E-state index in [1.165, 1.54) is 18.3 Å². The fourth-order valence-electron chi connectivity index (χ4n) is 2.20. The molecule has 0 unspecified atom stereocenters. The minimum Gasteiger partial charge on any atom is -0.422 e. The van der Waals surface area contributed by atoms with Crippen LogP contribution in [0.5, 0.6) is 5.75 Å². The fraction of sp³-hybridized carbons (Fsp3) is 0. The molecule has 8 heteroatoms. The number of hydrazone groups is 1. The minimum absolute atomic E-state index is 0.153. The number of primary amides is 1. The zero-order valence-electron chi connectivity index (χ0n) is 13.3. The van der Waals surface area contributed by atoms with Crippen LogP contribution in [0.15, 0.2) is 68.9 Å². The molecule has 0 bridgehead atoms. The summed E-state index contributed by atoms with van der Waals surface area (Å²) in [5.74, 6) is -0.715. The molecule has 0 spiro atoms. The van der Waals surface area contributed by atoms with Gasteiger partial charge in [-0.2, -0.15) is 5.10 Å². The number of nitrogens with two attached hydrogens (primary N) is 1. The van der Waals surface area contributed by atoms with Gasteiger partial charge in [0.2, 0.25) is 0 Å². The monoisotopic (exact) mass is 351 g/mol. The lowest BCUT2D eigenvalue weighted by Gasteiger charge is -2.07. The van der Waals surface area contributed by atoms with Crippen LogP contribution < -0.4 is 21.5 Å². The van der Waals surface area contributed by atoms with E-state index in [1.807, 2.05) is 5.43 Å². The van der Waals surface area contributed by atoms with E-state index in [0.29, 0.717) is 16.5 Å². The van der Waals surface area contributed by atoms with Crippen molar-refractivity contribution < 1.29 is 18.7 Å². The van der Waals surface area contributed by atoms with Gasteiger partial charge in [0.1, 0.15) is 16.9 Å². The third-order valence-electron chi connectivity index (χ3n) is 3.36. The van der Waals surface area contributed by atoms with Gasteiger partial charge < -0.3 is 14.9 Å². The standard InChI is InChI=1S/C18H13N3O5/c19-18(24)21-20-10-12-6-2-4-8-15(12)26-17(23)13-9-11-5-1-3-7-14(11)25-16(13)22/h1-10H,(H3,19,21,24). The van der Waals surface area contributed by atoms with Gasteiger partial charge in [0.25, 0.3) is 0 Å². The normalized spacial score (nSPS) is 10.8. The quantitative estimate of drug-likeness (QED) is 0.245. The van der Waals surface area contributed by atoms with Crippen molar-refractivity contribution in [3.8, 4) is 5.75 Å². The highest BCUT2D eigenvalue weighted by atomic mass is 16.5. The van der Waals surface area contributed by atoms with Crippen LogP contribution >= 0.6 is 0 Å². The Morgan fingerprint density at radius 1 is 1.12 bits per heavy atom. The molecule has 0 saturated heterocycles. The number of esters is 1. The van der Waals surface area contributed by atoms with Gasteiger partial charge in [0, 0.05) is 10.9 Å². The Morgan fingerprint density at radius 2 is 1.85 bits per heavy atom. The average molecular weight is 351 g/mol. The molecule has 1 heterocycles. The molecule has 130 valence electrons. The number of urea groups is 1. The van der Waals surface area contributed by atoms with Gasteiger partial charge >= 0.3 is 17.6 Å². The molecule has 8 nitrogen and oxygen atoms in total. The molecular formula is C18H13N3O5. The molecule has 2 amide bonds. The van der Waals surface area contributed by atoms with E-state index in [0.717, 1.165) is 0 Å². The summed E-state index contributed by atoms with van der Waals surface area (Å²) in [4.78, 5) is 35.1. The number of fused-ring (bicyclic) bond motifs is 1. The number of nitrogens with one attached hydrogen (secondary N) is 1. The number of carbonyl (C=O) groups excluding carboxylic acids is 2. The van der Waals surface area contributed by atoms with Crippen LogP contribution in [0.3, 0.4) is 0 Å². The van der Waals surface area contributed by atoms with Gasteiger partial charge in [-0.05, 0) is 24.3 Å². The number of hydrogen-bond donors (Lipinski definition) is 2. The summed E-state index contributed by atoms with van der Waals surface area (Å²) in [6.45, 7) is 0. The van der Waals surface area contributed by atoms with Gasteiger partial charge in [-0.25, -0.2) is 19.8 Å². The smallest absolute Gasteiger partial charge is 0.351 e. The van der Waals surface area contributed by atoms with Gasteiger partial charge in [-0.1, -0.05) is 30.3 Å². The molecule has 0 aliphatic rings.